The summed E-state index contributed by atoms with van der Waals surface area (Å²) < 4.78 is 5.94. The summed E-state index contributed by atoms with van der Waals surface area (Å²) in [6.07, 6.45) is 1.24. The van der Waals surface area contributed by atoms with E-state index in [9.17, 15) is 0 Å². The monoisotopic (exact) mass is 229 g/mol. The second kappa shape index (κ2) is 5.19. The molecule has 2 heteroatoms. The molecule has 0 amide bonds. The van der Waals surface area contributed by atoms with E-state index in [0.29, 0.717) is 6.54 Å². The Labute approximate surface area is 102 Å². The van der Waals surface area contributed by atoms with Gasteiger partial charge in [-0.25, -0.2) is 0 Å². The van der Waals surface area contributed by atoms with Crippen molar-refractivity contribution < 1.29 is 4.74 Å². The number of hydrogen-bond acceptors (Lipinski definition) is 2. The molecule has 17 heavy (non-hydrogen) atoms. The maximum Gasteiger partial charge on any atom is 0.127 e. The van der Waals surface area contributed by atoms with E-state index in [1.165, 1.54) is 5.39 Å². The average Bonchev–Trinajstić information content (AvgIpc) is 2.39. The van der Waals surface area contributed by atoms with Gasteiger partial charge in [-0.3, -0.25) is 0 Å². The zero-order valence-corrected chi connectivity index (χ0v) is 10.4. The van der Waals surface area contributed by atoms with Gasteiger partial charge in [0.05, 0.1) is 6.10 Å². The van der Waals surface area contributed by atoms with Gasteiger partial charge in [-0.15, -0.1) is 0 Å². The molecule has 90 valence electrons. The van der Waals surface area contributed by atoms with E-state index in [4.69, 9.17) is 10.5 Å². The molecule has 2 rings (SSSR count). The first kappa shape index (κ1) is 11.9. The average molecular weight is 229 g/mol. The standard InChI is InChI=1S/C15H19NO/c1-3-11(2)17-15-9-8-12(10-16)13-6-4-5-7-14(13)15/h4-9,11H,3,10,16H2,1-2H3. The quantitative estimate of drug-likeness (QED) is 0.871. The number of rotatable bonds is 4. The van der Waals surface area contributed by atoms with E-state index in [2.05, 4.69) is 32.0 Å². The third kappa shape index (κ3) is 2.42. The largest absolute Gasteiger partial charge is 0.490 e. The minimum Gasteiger partial charge on any atom is -0.490 e. The van der Waals surface area contributed by atoms with E-state index < -0.39 is 0 Å². The first-order valence-corrected chi connectivity index (χ1v) is 6.13. The lowest BCUT2D eigenvalue weighted by atomic mass is 10.0. The van der Waals surface area contributed by atoms with Crippen LogP contribution in [0.15, 0.2) is 36.4 Å². The van der Waals surface area contributed by atoms with Gasteiger partial charge in [-0.2, -0.15) is 0 Å². The number of hydrogen-bond donors (Lipinski definition) is 1. The molecule has 1 unspecified atom stereocenters. The Kier molecular flexibility index (Phi) is 3.64. The Morgan fingerprint density at radius 2 is 1.82 bits per heavy atom. The number of nitrogens with two attached hydrogens (primary N) is 1. The number of benzene rings is 2. The van der Waals surface area contributed by atoms with Gasteiger partial charge < -0.3 is 10.5 Å². The summed E-state index contributed by atoms with van der Waals surface area (Å²) in [6.45, 7) is 4.77. The third-order valence-corrected chi connectivity index (χ3v) is 3.10. The zero-order chi connectivity index (χ0) is 12.3. The van der Waals surface area contributed by atoms with Crippen molar-refractivity contribution in [3.05, 3.63) is 42.0 Å². The van der Waals surface area contributed by atoms with Gasteiger partial charge in [-0.1, -0.05) is 37.3 Å². The van der Waals surface area contributed by atoms with E-state index in [1.807, 2.05) is 18.2 Å². The molecular formula is C15H19NO. The van der Waals surface area contributed by atoms with Crippen molar-refractivity contribution in [2.24, 2.45) is 5.73 Å². The summed E-state index contributed by atoms with van der Waals surface area (Å²) in [4.78, 5) is 0. The summed E-state index contributed by atoms with van der Waals surface area (Å²) in [5.74, 6) is 0.951. The highest BCUT2D eigenvalue weighted by Crippen LogP contribution is 2.29. The van der Waals surface area contributed by atoms with Crippen LogP contribution in [0.1, 0.15) is 25.8 Å². The molecule has 0 saturated carbocycles. The third-order valence-electron chi connectivity index (χ3n) is 3.10. The summed E-state index contributed by atoms with van der Waals surface area (Å²) in [5.41, 5.74) is 6.92. The molecule has 2 aromatic rings. The van der Waals surface area contributed by atoms with Crippen LogP contribution < -0.4 is 10.5 Å². The Morgan fingerprint density at radius 3 is 2.47 bits per heavy atom. The topological polar surface area (TPSA) is 35.2 Å². The van der Waals surface area contributed by atoms with Gasteiger partial charge in [0.25, 0.3) is 0 Å². The fourth-order valence-corrected chi connectivity index (χ4v) is 1.91. The molecule has 0 fully saturated rings. The molecule has 0 bridgehead atoms. The molecule has 0 spiro atoms. The van der Waals surface area contributed by atoms with Crippen molar-refractivity contribution in [2.45, 2.75) is 32.9 Å². The fraction of sp³-hybridized carbons (Fsp3) is 0.333. The van der Waals surface area contributed by atoms with Crippen LogP contribution >= 0.6 is 0 Å². The van der Waals surface area contributed by atoms with Crippen LogP contribution in [-0.4, -0.2) is 6.10 Å². The maximum atomic E-state index is 5.94. The van der Waals surface area contributed by atoms with Crippen molar-refractivity contribution in [2.75, 3.05) is 0 Å². The van der Waals surface area contributed by atoms with Gasteiger partial charge in [0.1, 0.15) is 5.75 Å². The summed E-state index contributed by atoms with van der Waals surface area (Å²) in [7, 11) is 0. The van der Waals surface area contributed by atoms with Gasteiger partial charge >= 0.3 is 0 Å². The second-order valence-corrected chi connectivity index (χ2v) is 4.31. The fourth-order valence-electron chi connectivity index (χ4n) is 1.91. The zero-order valence-electron chi connectivity index (χ0n) is 10.4. The minimum absolute atomic E-state index is 0.238. The second-order valence-electron chi connectivity index (χ2n) is 4.31. The first-order valence-electron chi connectivity index (χ1n) is 6.13. The van der Waals surface area contributed by atoms with Crippen LogP contribution in [0.2, 0.25) is 0 Å². The Bertz CT molecular complexity index is 507. The maximum absolute atomic E-state index is 5.94. The molecule has 2 aromatic carbocycles. The molecule has 0 aliphatic rings. The summed E-state index contributed by atoms with van der Waals surface area (Å²) in [6, 6.07) is 12.3. The van der Waals surface area contributed by atoms with Crippen molar-refractivity contribution in [3.8, 4) is 5.75 Å². The van der Waals surface area contributed by atoms with Crippen LogP contribution in [0.25, 0.3) is 10.8 Å². The van der Waals surface area contributed by atoms with Gasteiger partial charge in [-0.05, 0) is 30.4 Å². The van der Waals surface area contributed by atoms with Crippen molar-refractivity contribution in [1.82, 2.24) is 0 Å². The van der Waals surface area contributed by atoms with Crippen molar-refractivity contribution in [1.29, 1.82) is 0 Å². The Morgan fingerprint density at radius 1 is 1.12 bits per heavy atom. The molecule has 0 radical (unpaired) electrons. The van der Waals surface area contributed by atoms with E-state index in [1.54, 1.807) is 0 Å². The molecule has 0 aliphatic heterocycles. The highest BCUT2D eigenvalue weighted by atomic mass is 16.5. The van der Waals surface area contributed by atoms with Crippen LogP contribution in [0.3, 0.4) is 0 Å². The number of fused-ring (bicyclic) bond motifs is 1. The Hall–Kier alpha value is -1.54. The molecule has 0 heterocycles. The molecule has 1 atom stereocenters. The summed E-state index contributed by atoms with van der Waals surface area (Å²) in [5, 5.41) is 2.34. The van der Waals surface area contributed by atoms with E-state index in [-0.39, 0.29) is 6.10 Å². The van der Waals surface area contributed by atoms with Crippen LogP contribution in [0.5, 0.6) is 5.75 Å². The molecule has 2 N–H and O–H groups in total. The Balaban J connectivity index is 2.51. The normalized spacial score (nSPS) is 12.6. The van der Waals surface area contributed by atoms with Crippen molar-refractivity contribution in [3.63, 3.8) is 0 Å². The summed E-state index contributed by atoms with van der Waals surface area (Å²) >= 11 is 0. The highest BCUT2D eigenvalue weighted by molar-refractivity contribution is 5.91. The molecule has 2 nitrogen and oxygen atoms in total. The van der Waals surface area contributed by atoms with Crippen LogP contribution in [0.4, 0.5) is 0 Å². The smallest absolute Gasteiger partial charge is 0.127 e. The van der Waals surface area contributed by atoms with Gasteiger partial charge in [0, 0.05) is 11.9 Å². The van der Waals surface area contributed by atoms with E-state index >= 15 is 0 Å². The minimum atomic E-state index is 0.238. The highest BCUT2D eigenvalue weighted by Gasteiger charge is 2.07. The number of ether oxygens (including phenoxy) is 1. The SMILES string of the molecule is CCC(C)Oc1ccc(CN)c2ccccc12. The molecule has 0 aromatic heterocycles. The lowest BCUT2D eigenvalue weighted by molar-refractivity contribution is 0.220. The van der Waals surface area contributed by atoms with E-state index in [0.717, 1.165) is 23.1 Å². The predicted octanol–water partition coefficient (Wildman–Crippen LogP) is 3.48. The van der Waals surface area contributed by atoms with Crippen LogP contribution in [0, 0.1) is 0 Å². The molecule has 0 aliphatic carbocycles. The van der Waals surface area contributed by atoms with Crippen LogP contribution in [-0.2, 0) is 6.54 Å². The predicted molar refractivity (Wildman–Crippen MR) is 72.2 cm³/mol. The van der Waals surface area contributed by atoms with Gasteiger partial charge in [0.2, 0.25) is 0 Å². The lowest BCUT2D eigenvalue weighted by Crippen LogP contribution is -2.10. The molecule has 0 saturated heterocycles. The molecular weight excluding hydrogens is 210 g/mol. The lowest BCUT2D eigenvalue weighted by Gasteiger charge is -2.16. The van der Waals surface area contributed by atoms with Gasteiger partial charge in [0.15, 0.2) is 0 Å². The van der Waals surface area contributed by atoms with Crippen molar-refractivity contribution >= 4 is 10.8 Å². The first-order chi connectivity index (χ1) is 8.26.